The SMILES string of the molecule is CC1(n2c(CCl)nc3c(C#N)cccc32)CCCOC1. The van der Waals surface area contributed by atoms with Gasteiger partial charge in [0.1, 0.15) is 17.4 Å². The van der Waals surface area contributed by atoms with Gasteiger partial charge in [-0.15, -0.1) is 11.6 Å². The van der Waals surface area contributed by atoms with Crippen molar-refractivity contribution in [1.82, 2.24) is 9.55 Å². The van der Waals surface area contributed by atoms with Gasteiger partial charge in [-0.2, -0.15) is 5.26 Å². The maximum Gasteiger partial charge on any atom is 0.125 e. The molecule has 1 aromatic heterocycles. The molecule has 0 aliphatic carbocycles. The lowest BCUT2D eigenvalue weighted by molar-refractivity contribution is 0.0104. The molecule has 20 heavy (non-hydrogen) atoms. The van der Waals surface area contributed by atoms with E-state index in [2.05, 4.69) is 22.5 Å². The van der Waals surface area contributed by atoms with Crippen molar-refractivity contribution >= 4 is 22.6 Å². The van der Waals surface area contributed by atoms with Crippen LogP contribution in [0.1, 0.15) is 31.2 Å². The van der Waals surface area contributed by atoms with Crippen LogP contribution in [0.15, 0.2) is 18.2 Å². The number of hydrogen-bond acceptors (Lipinski definition) is 3. The van der Waals surface area contributed by atoms with Crippen molar-refractivity contribution in [3.63, 3.8) is 0 Å². The molecule has 3 rings (SSSR count). The quantitative estimate of drug-likeness (QED) is 0.798. The number of aromatic nitrogens is 2. The molecular weight excluding hydrogens is 274 g/mol. The first-order chi connectivity index (χ1) is 9.69. The highest BCUT2D eigenvalue weighted by atomic mass is 35.5. The highest BCUT2D eigenvalue weighted by molar-refractivity contribution is 6.16. The Bertz CT molecular complexity index is 680. The smallest absolute Gasteiger partial charge is 0.125 e. The first kappa shape index (κ1) is 13.4. The van der Waals surface area contributed by atoms with Crippen molar-refractivity contribution in [2.45, 2.75) is 31.2 Å². The number of hydrogen-bond donors (Lipinski definition) is 0. The van der Waals surface area contributed by atoms with E-state index in [-0.39, 0.29) is 5.54 Å². The van der Waals surface area contributed by atoms with Crippen molar-refractivity contribution < 1.29 is 4.74 Å². The van der Waals surface area contributed by atoms with E-state index in [0.717, 1.165) is 36.3 Å². The van der Waals surface area contributed by atoms with E-state index in [1.165, 1.54) is 0 Å². The summed E-state index contributed by atoms with van der Waals surface area (Å²) < 4.78 is 7.82. The van der Waals surface area contributed by atoms with Gasteiger partial charge in [0.15, 0.2) is 0 Å². The topological polar surface area (TPSA) is 50.8 Å². The van der Waals surface area contributed by atoms with Crippen LogP contribution in [0.25, 0.3) is 11.0 Å². The van der Waals surface area contributed by atoms with Gasteiger partial charge in [0.2, 0.25) is 0 Å². The third-order valence-corrected chi connectivity index (χ3v) is 4.19. The van der Waals surface area contributed by atoms with Crippen LogP contribution in [0.2, 0.25) is 0 Å². The molecule has 1 saturated heterocycles. The number of nitrogens with zero attached hydrogens (tertiary/aromatic N) is 3. The van der Waals surface area contributed by atoms with Gasteiger partial charge >= 0.3 is 0 Å². The lowest BCUT2D eigenvalue weighted by Crippen LogP contribution is -2.39. The fraction of sp³-hybridized carbons (Fsp3) is 0.467. The fourth-order valence-electron chi connectivity index (χ4n) is 3.03. The number of benzene rings is 1. The molecule has 2 heterocycles. The number of imidazole rings is 1. The van der Waals surface area contributed by atoms with E-state index in [0.29, 0.717) is 18.1 Å². The minimum atomic E-state index is -0.148. The molecule has 1 aliphatic heterocycles. The van der Waals surface area contributed by atoms with Crippen molar-refractivity contribution in [1.29, 1.82) is 5.26 Å². The summed E-state index contributed by atoms with van der Waals surface area (Å²) in [7, 11) is 0. The van der Waals surface area contributed by atoms with Gasteiger partial charge in [0.25, 0.3) is 0 Å². The molecule has 0 bridgehead atoms. The number of alkyl halides is 1. The van der Waals surface area contributed by atoms with E-state index in [1.807, 2.05) is 12.1 Å². The van der Waals surface area contributed by atoms with E-state index >= 15 is 0 Å². The van der Waals surface area contributed by atoms with Gasteiger partial charge in [-0.3, -0.25) is 0 Å². The van der Waals surface area contributed by atoms with E-state index in [1.54, 1.807) is 6.07 Å². The molecule has 4 nitrogen and oxygen atoms in total. The number of rotatable bonds is 2. The highest BCUT2D eigenvalue weighted by Gasteiger charge is 2.33. The second-order valence-electron chi connectivity index (χ2n) is 5.44. The molecule has 104 valence electrons. The van der Waals surface area contributed by atoms with Crippen LogP contribution >= 0.6 is 11.6 Å². The van der Waals surface area contributed by atoms with Crippen molar-refractivity contribution in [2.24, 2.45) is 0 Å². The number of halogens is 1. The molecule has 1 unspecified atom stereocenters. The predicted molar refractivity (Wildman–Crippen MR) is 77.7 cm³/mol. The van der Waals surface area contributed by atoms with Crippen LogP contribution in [0, 0.1) is 11.3 Å². The Kier molecular flexibility index (Phi) is 3.41. The Morgan fingerprint density at radius 1 is 1.55 bits per heavy atom. The summed E-state index contributed by atoms with van der Waals surface area (Å²) >= 11 is 6.07. The van der Waals surface area contributed by atoms with Gasteiger partial charge in [-0.05, 0) is 31.9 Å². The molecule has 2 aromatic rings. The van der Waals surface area contributed by atoms with Crippen LogP contribution in [0.4, 0.5) is 0 Å². The lowest BCUT2D eigenvalue weighted by Gasteiger charge is -2.36. The average molecular weight is 290 g/mol. The highest BCUT2D eigenvalue weighted by Crippen LogP contribution is 2.33. The molecule has 0 N–H and O–H groups in total. The van der Waals surface area contributed by atoms with Gasteiger partial charge in [0.05, 0.1) is 29.1 Å². The summed E-state index contributed by atoms with van der Waals surface area (Å²) in [5.41, 5.74) is 2.14. The van der Waals surface area contributed by atoms with Crippen LogP contribution in [0.3, 0.4) is 0 Å². The Balaban J connectivity index is 2.26. The normalized spacial score (nSPS) is 22.9. The van der Waals surface area contributed by atoms with Crippen LogP contribution in [0.5, 0.6) is 0 Å². The fourth-order valence-corrected chi connectivity index (χ4v) is 3.20. The Hall–Kier alpha value is -1.57. The standard InChI is InChI=1S/C15H16ClN3O/c1-15(6-3-7-20-10-15)19-12-5-2-4-11(9-17)14(12)18-13(19)8-16/h2,4-5H,3,6-8,10H2,1H3. The maximum atomic E-state index is 9.23. The maximum absolute atomic E-state index is 9.23. The minimum absolute atomic E-state index is 0.148. The van der Waals surface area contributed by atoms with E-state index in [4.69, 9.17) is 16.3 Å². The predicted octanol–water partition coefficient (Wildman–Crippen LogP) is 3.17. The molecule has 1 aromatic carbocycles. The Labute approximate surface area is 122 Å². The zero-order chi connectivity index (χ0) is 14.2. The van der Waals surface area contributed by atoms with Gasteiger partial charge < -0.3 is 9.30 Å². The molecule has 0 radical (unpaired) electrons. The molecule has 1 aliphatic rings. The second-order valence-corrected chi connectivity index (χ2v) is 5.70. The first-order valence-corrected chi connectivity index (χ1v) is 7.28. The van der Waals surface area contributed by atoms with Crippen molar-refractivity contribution in [2.75, 3.05) is 13.2 Å². The molecule has 5 heteroatoms. The van der Waals surface area contributed by atoms with E-state index in [9.17, 15) is 5.26 Å². The molecule has 1 atom stereocenters. The van der Waals surface area contributed by atoms with Gasteiger partial charge in [0, 0.05) is 6.61 Å². The third-order valence-electron chi connectivity index (χ3n) is 3.95. The van der Waals surface area contributed by atoms with Crippen molar-refractivity contribution in [3.05, 3.63) is 29.6 Å². The molecular formula is C15H16ClN3O. The average Bonchev–Trinajstić information content (AvgIpc) is 2.87. The number of ether oxygens (including phenoxy) is 1. The number of fused-ring (bicyclic) bond motifs is 1. The largest absolute Gasteiger partial charge is 0.379 e. The zero-order valence-electron chi connectivity index (χ0n) is 11.4. The third kappa shape index (κ3) is 1.98. The van der Waals surface area contributed by atoms with Crippen LogP contribution < -0.4 is 0 Å². The number of nitriles is 1. The van der Waals surface area contributed by atoms with Crippen LogP contribution in [-0.4, -0.2) is 22.8 Å². The summed E-state index contributed by atoms with van der Waals surface area (Å²) in [5.74, 6) is 1.13. The van der Waals surface area contributed by atoms with Gasteiger partial charge in [-0.1, -0.05) is 6.07 Å². The first-order valence-electron chi connectivity index (χ1n) is 6.74. The lowest BCUT2D eigenvalue weighted by atomic mass is 9.94. The Morgan fingerprint density at radius 3 is 3.05 bits per heavy atom. The molecule has 0 saturated carbocycles. The molecule has 0 spiro atoms. The monoisotopic (exact) mass is 289 g/mol. The minimum Gasteiger partial charge on any atom is -0.379 e. The second kappa shape index (κ2) is 5.08. The summed E-state index contributed by atoms with van der Waals surface area (Å²) in [6.45, 7) is 3.63. The summed E-state index contributed by atoms with van der Waals surface area (Å²) in [6.07, 6.45) is 2.05. The molecule has 1 fully saturated rings. The van der Waals surface area contributed by atoms with Crippen molar-refractivity contribution in [3.8, 4) is 6.07 Å². The summed E-state index contributed by atoms with van der Waals surface area (Å²) in [4.78, 5) is 4.58. The molecule has 0 amide bonds. The number of para-hydroxylation sites is 1. The Morgan fingerprint density at radius 2 is 2.40 bits per heavy atom. The zero-order valence-corrected chi connectivity index (χ0v) is 12.2. The van der Waals surface area contributed by atoms with E-state index < -0.39 is 0 Å². The summed E-state index contributed by atoms with van der Waals surface area (Å²) in [5, 5.41) is 9.23. The van der Waals surface area contributed by atoms with Crippen LogP contribution in [-0.2, 0) is 16.2 Å². The summed E-state index contributed by atoms with van der Waals surface area (Å²) in [6, 6.07) is 7.88. The van der Waals surface area contributed by atoms with Gasteiger partial charge in [-0.25, -0.2) is 4.98 Å².